The molecule has 1 aromatic carbocycles. The number of carbonyl (C=O) groups is 1. The van der Waals surface area contributed by atoms with Crippen LogP contribution in [0.3, 0.4) is 0 Å². The molecule has 108 valence electrons. The van der Waals surface area contributed by atoms with Crippen molar-refractivity contribution >= 4 is 34.7 Å². The normalized spacial score (nSPS) is 11.1. The number of anilines is 1. The highest BCUT2D eigenvalue weighted by atomic mass is 35.5. The first-order chi connectivity index (χ1) is 9.43. The number of ether oxygens (including phenoxy) is 1. The average molecular weight is 300 g/mol. The fourth-order valence-electron chi connectivity index (χ4n) is 1.37. The van der Waals surface area contributed by atoms with Crippen molar-refractivity contribution in [3.63, 3.8) is 0 Å². The maximum absolute atomic E-state index is 11.2. The second-order valence-electron chi connectivity index (χ2n) is 3.86. The van der Waals surface area contributed by atoms with Crippen LogP contribution in [-0.2, 0) is 9.53 Å². The number of nitrogens with zero attached hydrogens (tertiary/aromatic N) is 2. The highest BCUT2D eigenvalue weighted by Gasteiger charge is 2.13. The molecule has 0 aliphatic rings. The van der Waals surface area contributed by atoms with Gasteiger partial charge in [0.1, 0.15) is 5.69 Å². The second-order valence-corrected chi connectivity index (χ2v) is 4.30. The third-order valence-electron chi connectivity index (χ3n) is 2.23. The summed E-state index contributed by atoms with van der Waals surface area (Å²) in [4.78, 5) is 21.5. The topological polar surface area (TPSA) is 93.8 Å². The molecule has 7 nitrogen and oxygen atoms in total. The Morgan fingerprint density at radius 2 is 2.25 bits per heavy atom. The molecule has 1 N–H and O–H groups in total. The van der Waals surface area contributed by atoms with Gasteiger partial charge in [0.05, 0.1) is 18.0 Å². The van der Waals surface area contributed by atoms with E-state index in [2.05, 4.69) is 10.5 Å². The number of nitro groups is 1. The number of halogens is 1. The monoisotopic (exact) mass is 299 g/mol. The molecule has 0 bridgehead atoms. The quantitative estimate of drug-likeness (QED) is 0.377. The molecule has 20 heavy (non-hydrogen) atoms. The number of nitro benzene ring substituents is 1. The van der Waals surface area contributed by atoms with Crippen molar-refractivity contribution in [1.29, 1.82) is 0 Å². The predicted octanol–water partition coefficient (Wildman–Crippen LogP) is 2.99. The number of nitrogens with one attached hydrogen (secondary N) is 1. The summed E-state index contributed by atoms with van der Waals surface area (Å²) in [7, 11) is 0. The molecular formula is C12H14ClN3O4. The van der Waals surface area contributed by atoms with Crippen molar-refractivity contribution in [2.45, 2.75) is 20.3 Å². The third kappa shape index (κ3) is 4.85. The molecule has 0 radical (unpaired) electrons. The van der Waals surface area contributed by atoms with E-state index in [4.69, 9.17) is 16.3 Å². The SMILES string of the molecule is CCOC(=O)CC(C)=NNc1cc(Cl)ccc1[N+](=O)[O-]. The summed E-state index contributed by atoms with van der Waals surface area (Å²) in [5.74, 6) is -0.406. The number of esters is 1. The molecule has 0 unspecified atom stereocenters. The third-order valence-corrected chi connectivity index (χ3v) is 2.46. The predicted molar refractivity (Wildman–Crippen MR) is 76.1 cm³/mol. The lowest BCUT2D eigenvalue weighted by Crippen LogP contribution is -2.10. The van der Waals surface area contributed by atoms with Gasteiger partial charge in [-0.05, 0) is 26.0 Å². The summed E-state index contributed by atoms with van der Waals surface area (Å²) >= 11 is 5.78. The number of hydrogen-bond donors (Lipinski definition) is 1. The number of carbonyl (C=O) groups excluding carboxylic acids is 1. The summed E-state index contributed by atoms with van der Waals surface area (Å²) < 4.78 is 4.77. The van der Waals surface area contributed by atoms with Crippen molar-refractivity contribution in [3.05, 3.63) is 33.3 Å². The molecule has 0 heterocycles. The Hall–Kier alpha value is -2.15. The summed E-state index contributed by atoms with van der Waals surface area (Å²) in [5, 5.41) is 15.1. The zero-order chi connectivity index (χ0) is 15.1. The lowest BCUT2D eigenvalue weighted by atomic mass is 10.3. The summed E-state index contributed by atoms with van der Waals surface area (Å²) in [5.41, 5.74) is 2.99. The first-order valence-corrected chi connectivity index (χ1v) is 6.20. The molecule has 0 saturated carbocycles. The van der Waals surface area contributed by atoms with E-state index >= 15 is 0 Å². The van der Waals surface area contributed by atoms with Gasteiger partial charge in [0.15, 0.2) is 0 Å². The van der Waals surface area contributed by atoms with Crippen LogP contribution >= 0.6 is 11.6 Å². The van der Waals surface area contributed by atoms with Gasteiger partial charge in [-0.25, -0.2) is 0 Å². The van der Waals surface area contributed by atoms with Crippen LogP contribution in [0.2, 0.25) is 5.02 Å². The first kappa shape index (κ1) is 15.9. The van der Waals surface area contributed by atoms with E-state index in [1.807, 2.05) is 0 Å². The Labute approximate surface area is 120 Å². The Morgan fingerprint density at radius 3 is 2.85 bits per heavy atom. The van der Waals surface area contributed by atoms with E-state index in [-0.39, 0.29) is 17.8 Å². The number of benzene rings is 1. The molecule has 8 heteroatoms. The van der Waals surface area contributed by atoms with Crippen molar-refractivity contribution < 1.29 is 14.5 Å². The van der Waals surface area contributed by atoms with Gasteiger partial charge in [-0.15, -0.1) is 0 Å². The maximum atomic E-state index is 11.2. The molecule has 0 spiro atoms. The minimum absolute atomic E-state index is 0.00913. The molecule has 0 atom stereocenters. The smallest absolute Gasteiger partial charge is 0.311 e. The molecule has 0 aromatic heterocycles. The van der Waals surface area contributed by atoms with Gasteiger partial charge in [-0.1, -0.05) is 11.6 Å². The van der Waals surface area contributed by atoms with Crippen LogP contribution in [0.25, 0.3) is 0 Å². The summed E-state index contributed by atoms with van der Waals surface area (Å²) in [6.07, 6.45) is 0.00913. The molecule has 0 fully saturated rings. The largest absolute Gasteiger partial charge is 0.466 e. The molecule has 0 amide bonds. The van der Waals surface area contributed by atoms with Gasteiger partial charge in [-0.2, -0.15) is 5.10 Å². The van der Waals surface area contributed by atoms with E-state index in [9.17, 15) is 14.9 Å². The Morgan fingerprint density at radius 1 is 1.55 bits per heavy atom. The zero-order valence-electron chi connectivity index (χ0n) is 11.1. The fourth-order valence-corrected chi connectivity index (χ4v) is 1.55. The van der Waals surface area contributed by atoms with E-state index < -0.39 is 10.9 Å². The van der Waals surface area contributed by atoms with Gasteiger partial charge in [0, 0.05) is 16.8 Å². The minimum Gasteiger partial charge on any atom is -0.466 e. The molecule has 0 saturated heterocycles. The highest BCUT2D eigenvalue weighted by Crippen LogP contribution is 2.27. The van der Waals surface area contributed by atoms with E-state index in [0.717, 1.165) is 0 Å². The minimum atomic E-state index is -0.547. The second kappa shape index (κ2) is 7.44. The van der Waals surface area contributed by atoms with Crippen LogP contribution < -0.4 is 5.43 Å². The van der Waals surface area contributed by atoms with Crippen molar-refractivity contribution in [2.75, 3.05) is 12.0 Å². The van der Waals surface area contributed by atoms with E-state index in [1.165, 1.54) is 18.2 Å². The number of hydrazone groups is 1. The number of rotatable bonds is 6. The highest BCUT2D eigenvalue weighted by molar-refractivity contribution is 6.31. The molecule has 0 aliphatic carbocycles. The first-order valence-electron chi connectivity index (χ1n) is 5.82. The zero-order valence-corrected chi connectivity index (χ0v) is 11.8. The van der Waals surface area contributed by atoms with Crippen LogP contribution in [0.1, 0.15) is 20.3 Å². The average Bonchev–Trinajstić information content (AvgIpc) is 2.36. The Kier molecular flexibility index (Phi) is 5.92. The van der Waals surface area contributed by atoms with Crippen LogP contribution in [0.4, 0.5) is 11.4 Å². The Balaban J connectivity index is 2.80. The van der Waals surface area contributed by atoms with E-state index in [1.54, 1.807) is 13.8 Å². The molecule has 1 aromatic rings. The van der Waals surface area contributed by atoms with E-state index in [0.29, 0.717) is 17.3 Å². The van der Waals surface area contributed by atoms with Crippen molar-refractivity contribution in [2.24, 2.45) is 5.10 Å². The lowest BCUT2D eigenvalue weighted by molar-refractivity contribution is -0.384. The lowest BCUT2D eigenvalue weighted by Gasteiger charge is -2.05. The molecule has 0 aliphatic heterocycles. The van der Waals surface area contributed by atoms with Gasteiger partial charge in [0.2, 0.25) is 0 Å². The van der Waals surface area contributed by atoms with Crippen molar-refractivity contribution in [1.82, 2.24) is 0 Å². The van der Waals surface area contributed by atoms with Crippen LogP contribution in [-0.4, -0.2) is 23.2 Å². The van der Waals surface area contributed by atoms with Crippen LogP contribution in [0.15, 0.2) is 23.3 Å². The molecule has 1 rings (SSSR count). The molecular weight excluding hydrogens is 286 g/mol. The van der Waals surface area contributed by atoms with Gasteiger partial charge >= 0.3 is 5.97 Å². The van der Waals surface area contributed by atoms with Crippen LogP contribution in [0.5, 0.6) is 0 Å². The standard InChI is InChI=1S/C12H14ClN3O4/c1-3-20-12(17)6-8(2)14-15-10-7-9(13)4-5-11(10)16(18)19/h4-5,7,15H,3,6H2,1-2H3. The Bertz CT molecular complexity index is 546. The van der Waals surface area contributed by atoms with Gasteiger partial charge in [-0.3, -0.25) is 20.3 Å². The number of hydrogen-bond acceptors (Lipinski definition) is 6. The van der Waals surface area contributed by atoms with Crippen LogP contribution in [0, 0.1) is 10.1 Å². The van der Waals surface area contributed by atoms with Crippen molar-refractivity contribution in [3.8, 4) is 0 Å². The van der Waals surface area contributed by atoms with Gasteiger partial charge < -0.3 is 4.74 Å². The fraction of sp³-hybridized carbons (Fsp3) is 0.333. The summed E-state index contributed by atoms with van der Waals surface area (Å²) in [6.45, 7) is 3.61. The van der Waals surface area contributed by atoms with Gasteiger partial charge in [0.25, 0.3) is 5.69 Å². The summed E-state index contributed by atoms with van der Waals surface area (Å²) in [6, 6.07) is 4.09. The maximum Gasteiger partial charge on any atom is 0.311 e.